The number of hydrogen-bond donors (Lipinski definition) is 2. The Balaban J connectivity index is 1.24. The largest absolute Gasteiger partial charge is 0.861 e. The van der Waals surface area contributed by atoms with Gasteiger partial charge in [-0.05, 0) is 52.9 Å². The predicted molar refractivity (Wildman–Crippen MR) is 161 cm³/mol. The fourth-order valence-corrected chi connectivity index (χ4v) is 4.59. The summed E-state index contributed by atoms with van der Waals surface area (Å²) < 4.78 is 52.4. The highest BCUT2D eigenvalue weighted by Crippen LogP contribution is 2.34. The molecule has 2 heterocycles. The number of urea groups is 1. The van der Waals surface area contributed by atoms with Gasteiger partial charge in [-0.2, -0.15) is 18.2 Å². The number of aliphatic imine (C=N–C) groups is 1. The number of carbonyl (C=O) groups is 1. The molecule has 15 heteroatoms. The maximum absolute atomic E-state index is 13.6. The fraction of sp³-hybridized carbons (Fsp3) is 0.161. The molecule has 0 aliphatic rings. The minimum Gasteiger partial charge on any atom is -0.861 e. The van der Waals surface area contributed by atoms with Crippen molar-refractivity contribution in [1.29, 1.82) is 0 Å². The van der Waals surface area contributed by atoms with Crippen molar-refractivity contribution in [2.45, 2.75) is 26.1 Å². The Morgan fingerprint density at radius 3 is 2.57 bits per heavy atom. The molecule has 3 aromatic carbocycles. The molecular formula is C31H25ClF3N7O4. The number of anilines is 2. The molecule has 0 aliphatic heterocycles. The van der Waals surface area contributed by atoms with Crippen LogP contribution in [-0.2, 0) is 19.1 Å². The number of alkyl halides is 3. The second-order valence-electron chi connectivity index (χ2n) is 9.94. The number of aryl methyl sites for hydroxylation is 1. The van der Waals surface area contributed by atoms with E-state index in [1.165, 1.54) is 18.0 Å². The monoisotopic (exact) mass is 651 g/mol. The molecule has 236 valence electrons. The van der Waals surface area contributed by atoms with E-state index in [1.54, 1.807) is 30.5 Å². The van der Waals surface area contributed by atoms with E-state index in [2.05, 4.69) is 30.9 Å². The first-order chi connectivity index (χ1) is 22.0. The summed E-state index contributed by atoms with van der Waals surface area (Å²) in [5, 5.41) is 21.4. The fourth-order valence-electron chi connectivity index (χ4n) is 4.39. The average molecular weight is 652 g/mol. The molecule has 0 spiro atoms. The van der Waals surface area contributed by atoms with E-state index in [-0.39, 0.29) is 29.7 Å². The van der Waals surface area contributed by atoms with Gasteiger partial charge in [0.25, 0.3) is 6.20 Å². The second-order valence-corrected chi connectivity index (χ2v) is 10.3. The van der Waals surface area contributed by atoms with Crippen molar-refractivity contribution in [3.8, 4) is 17.1 Å². The van der Waals surface area contributed by atoms with Crippen LogP contribution in [0.15, 0.2) is 88.6 Å². The third-order valence-corrected chi connectivity index (χ3v) is 6.92. The van der Waals surface area contributed by atoms with Gasteiger partial charge >= 0.3 is 24.1 Å². The highest BCUT2D eigenvalue weighted by molar-refractivity contribution is 6.31. The van der Waals surface area contributed by atoms with Crippen LogP contribution in [-0.4, -0.2) is 34.3 Å². The van der Waals surface area contributed by atoms with Crippen molar-refractivity contribution >= 4 is 40.8 Å². The molecule has 0 saturated heterocycles. The number of rotatable bonds is 9. The first-order valence-corrected chi connectivity index (χ1v) is 14.0. The van der Waals surface area contributed by atoms with Crippen molar-refractivity contribution in [2.24, 2.45) is 4.99 Å². The van der Waals surface area contributed by atoms with Gasteiger partial charge in [0.05, 0.1) is 24.1 Å². The number of aromatic nitrogens is 4. The highest BCUT2D eigenvalue weighted by atomic mass is 35.5. The summed E-state index contributed by atoms with van der Waals surface area (Å²) >= 11 is 6.07. The number of amides is 2. The van der Waals surface area contributed by atoms with Gasteiger partial charge < -0.3 is 15.2 Å². The summed E-state index contributed by atoms with van der Waals surface area (Å²) in [5.74, 6) is -0.777. The topological polar surface area (TPSA) is 141 Å². The Labute approximate surface area is 265 Å². The van der Waals surface area contributed by atoms with Crippen LogP contribution in [0, 0.1) is 6.92 Å². The summed E-state index contributed by atoms with van der Waals surface area (Å²) in [6.45, 7) is 2.15. The van der Waals surface area contributed by atoms with Gasteiger partial charge in [-0.25, -0.2) is 9.78 Å². The van der Waals surface area contributed by atoms with Crippen molar-refractivity contribution < 1.29 is 37.0 Å². The van der Waals surface area contributed by atoms with E-state index in [0.29, 0.717) is 23.2 Å². The van der Waals surface area contributed by atoms with Gasteiger partial charge in [0, 0.05) is 34.5 Å². The zero-order valence-corrected chi connectivity index (χ0v) is 25.1. The highest BCUT2D eigenvalue weighted by Gasteiger charge is 2.31. The Morgan fingerprint density at radius 1 is 1.11 bits per heavy atom. The van der Waals surface area contributed by atoms with Crippen LogP contribution in [0.4, 0.5) is 35.2 Å². The molecule has 5 aromatic rings. The molecule has 0 aliphatic carbocycles. The van der Waals surface area contributed by atoms with E-state index in [1.807, 2.05) is 31.2 Å². The zero-order chi connectivity index (χ0) is 32.8. The number of methoxy groups -OCH3 is 1. The normalized spacial score (nSPS) is 11.7. The lowest BCUT2D eigenvalue weighted by molar-refractivity contribution is -0.754. The number of nitrogens with zero attached hydrogens (tertiary/aromatic N) is 5. The molecule has 0 radical (unpaired) electrons. The van der Waals surface area contributed by atoms with Gasteiger partial charge in [0.2, 0.25) is 11.8 Å². The molecule has 2 N–H and O–H groups in total. The van der Waals surface area contributed by atoms with E-state index in [4.69, 9.17) is 20.9 Å². The Bertz CT molecular complexity index is 1900. The van der Waals surface area contributed by atoms with E-state index in [0.717, 1.165) is 34.5 Å². The van der Waals surface area contributed by atoms with Crippen LogP contribution < -0.4 is 25.2 Å². The van der Waals surface area contributed by atoms with Crippen LogP contribution in [0.1, 0.15) is 22.4 Å². The number of ether oxygens (including phenoxy) is 1. The van der Waals surface area contributed by atoms with Gasteiger partial charge in [-0.3, -0.25) is 14.8 Å². The molecule has 2 amide bonds. The third-order valence-electron chi connectivity index (χ3n) is 6.55. The molecule has 0 unspecified atom stereocenters. The Kier molecular flexibility index (Phi) is 9.47. The average Bonchev–Trinajstić information content (AvgIpc) is 3.44. The predicted octanol–water partition coefficient (Wildman–Crippen LogP) is 5.73. The molecule has 46 heavy (non-hydrogen) atoms. The van der Waals surface area contributed by atoms with Gasteiger partial charge in [0.15, 0.2) is 0 Å². The van der Waals surface area contributed by atoms with Crippen LogP contribution in [0.2, 0.25) is 5.02 Å². The number of nitrogens with one attached hydrogen (secondary N) is 2. The summed E-state index contributed by atoms with van der Waals surface area (Å²) in [6.07, 6.45) is -1.89. The molecular weight excluding hydrogens is 627 g/mol. The maximum atomic E-state index is 13.6. The maximum Gasteiger partial charge on any atom is 0.416 e. The van der Waals surface area contributed by atoms with E-state index >= 15 is 0 Å². The van der Waals surface area contributed by atoms with Gasteiger partial charge in [0.1, 0.15) is 0 Å². The Morgan fingerprint density at radius 2 is 1.87 bits per heavy atom. The number of benzene rings is 3. The summed E-state index contributed by atoms with van der Waals surface area (Å²) in [7, 11) is 1.50. The Hall–Kier alpha value is -5.50. The van der Waals surface area contributed by atoms with Gasteiger partial charge in [-0.1, -0.05) is 54.1 Å². The van der Waals surface area contributed by atoms with Crippen LogP contribution in [0.3, 0.4) is 0 Å². The number of halogens is 4. The number of hydrogen-bond acceptors (Lipinski definition) is 8. The quantitative estimate of drug-likeness (QED) is 0.118. The summed E-state index contributed by atoms with van der Waals surface area (Å²) in [4.78, 5) is 24.9. The zero-order valence-electron chi connectivity index (χ0n) is 24.3. The van der Waals surface area contributed by atoms with Crippen LogP contribution in [0.25, 0.3) is 11.1 Å². The minimum absolute atomic E-state index is 0.0630. The summed E-state index contributed by atoms with van der Waals surface area (Å²) in [5.41, 5.74) is 2.22. The van der Waals surface area contributed by atoms with E-state index < -0.39 is 23.7 Å². The second kappa shape index (κ2) is 13.6. The SMILES string of the molecule is COc1ncc(-c2ccc(C[n+]3cc(NC(=O)Nc4cc(N=C([O-])Cc5ccccc5Cl)cc(C(F)(F)F)c4)on3)cc2)c(C)n1. The smallest absolute Gasteiger partial charge is 0.416 e. The van der Waals surface area contributed by atoms with E-state index in [9.17, 15) is 23.1 Å². The third kappa shape index (κ3) is 8.15. The minimum atomic E-state index is -4.76. The van der Waals surface area contributed by atoms with Crippen molar-refractivity contribution in [1.82, 2.24) is 15.2 Å². The first kappa shape index (κ1) is 31.9. The van der Waals surface area contributed by atoms with Crippen molar-refractivity contribution in [3.63, 3.8) is 0 Å². The van der Waals surface area contributed by atoms with Crippen LogP contribution in [0.5, 0.6) is 6.01 Å². The van der Waals surface area contributed by atoms with Crippen molar-refractivity contribution in [3.05, 3.63) is 107 Å². The standard InChI is InChI=1S/C31H25ClF3N7O4/c1-18-25(15-36-30(37-18)45-2)20-9-7-19(8-10-20)16-42-17-28(46-41-42)40-29(44)39-24-13-22(31(33,34)35)12-23(14-24)38-27(43)11-21-5-3-4-6-26(21)32/h3-10,12-15,17H,11,16H2,1-2H3,(H2-,38,39,40,41,43,44). The van der Waals surface area contributed by atoms with Crippen molar-refractivity contribution in [2.75, 3.05) is 17.7 Å². The van der Waals surface area contributed by atoms with Crippen LogP contribution >= 0.6 is 11.6 Å². The molecule has 2 aromatic heterocycles. The summed E-state index contributed by atoms with van der Waals surface area (Å²) in [6, 6.07) is 16.1. The molecule has 0 saturated carbocycles. The lowest BCUT2D eigenvalue weighted by Crippen LogP contribution is -2.35. The molecule has 5 rings (SSSR count). The molecule has 0 fully saturated rings. The number of carbonyl (C=O) groups excluding carboxylic acids is 1. The lowest BCUT2D eigenvalue weighted by Gasteiger charge is -2.14. The molecule has 0 bridgehead atoms. The van der Waals surface area contributed by atoms with Gasteiger partial charge in [-0.15, -0.1) is 0 Å². The molecule has 0 atom stereocenters. The first-order valence-electron chi connectivity index (χ1n) is 13.6. The molecule has 11 nitrogen and oxygen atoms in total. The lowest BCUT2D eigenvalue weighted by atomic mass is 10.0.